The lowest BCUT2D eigenvalue weighted by atomic mass is 10.1. The zero-order valence-corrected chi connectivity index (χ0v) is 8.42. The van der Waals surface area contributed by atoms with Crippen LogP contribution in [-0.2, 0) is 11.2 Å². The molecule has 1 rings (SSSR count). The molecular formula is C9H9BrFNO. The topological polar surface area (TPSA) is 43.1 Å². The Bertz CT molecular complexity index is 316. The van der Waals surface area contributed by atoms with Gasteiger partial charge in [-0.05, 0) is 11.6 Å². The Morgan fingerprint density at radius 1 is 1.54 bits per heavy atom. The fraction of sp³-hybridized carbons (Fsp3) is 0.222. The van der Waals surface area contributed by atoms with E-state index in [-0.39, 0.29) is 6.42 Å². The molecule has 1 unspecified atom stereocenters. The number of benzene rings is 1. The second-order valence-corrected chi connectivity index (χ2v) is 3.52. The lowest BCUT2D eigenvalue weighted by Gasteiger charge is -2.05. The van der Waals surface area contributed by atoms with Crippen LogP contribution in [0.15, 0.2) is 28.7 Å². The van der Waals surface area contributed by atoms with Gasteiger partial charge in [0.2, 0.25) is 0 Å². The van der Waals surface area contributed by atoms with Gasteiger partial charge in [-0.2, -0.15) is 0 Å². The molecule has 2 N–H and O–H groups in total. The second-order valence-electron chi connectivity index (χ2n) is 2.67. The van der Waals surface area contributed by atoms with E-state index in [0.29, 0.717) is 0 Å². The van der Waals surface area contributed by atoms with E-state index >= 15 is 0 Å². The van der Waals surface area contributed by atoms with Gasteiger partial charge in [-0.25, -0.2) is 4.39 Å². The van der Waals surface area contributed by atoms with E-state index in [1.54, 1.807) is 18.2 Å². The van der Waals surface area contributed by atoms with E-state index in [0.717, 1.165) is 10.0 Å². The van der Waals surface area contributed by atoms with Crippen molar-refractivity contribution in [1.29, 1.82) is 0 Å². The van der Waals surface area contributed by atoms with E-state index in [2.05, 4.69) is 15.9 Å². The monoisotopic (exact) mass is 245 g/mol. The van der Waals surface area contributed by atoms with E-state index in [9.17, 15) is 9.18 Å². The lowest BCUT2D eigenvalue weighted by molar-refractivity contribution is -0.122. The molecule has 2 nitrogen and oxygen atoms in total. The zero-order chi connectivity index (χ0) is 9.84. The van der Waals surface area contributed by atoms with Crippen molar-refractivity contribution in [3.63, 3.8) is 0 Å². The van der Waals surface area contributed by atoms with Crippen LogP contribution in [0.4, 0.5) is 4.39 Å². The molecular weight excluding hydrogens is 237 g/mol. The predicted molar refractivity (Wildman–Crippen MR) is 51.9 cm³/mol. The number of alkyl halides is 1. The molecule has 0 aliphatic carbocycles. The summed E-state index contributed by atoms with van der Waals surface area (Å²) < 4.78 is 13.7. The molecule has 70 valence electrons. The Morgan fingerprint density at radius 3 is 2.69 bits per heavy atom. The van der Waals surface area contributed by atoms with Gasteiger partial charge in [0, 0.05) is 10.9 Å². The highest BCUT2D eigenvalue weighted by Gasteiger charge is 2.14. The SMILES string of the molecule is NC(=O)C(F)Cc1ccccc1Br. The average molecular weight is 246 g/mol. The van der Waals surface area contributed by atoms with E-state index in [1.165, 1.54) is 0 Å². The Morgan fingerprint density at radius 2 is 2.15 bits per heavy atom. The summed E-state index contributed by atoms with van der Waals surface area (Å²) in [5.41, 5.74) is 5.55. The van der Waals surface area contributed by atoms with Gasteiger partial charge in [0.25, 0.3) is 5.91 Å². The minimum atomic E-state index is -1.61. The molecule has 0 radical (unpaired) electrons. The molecule has 0 aliphatic heterocycles. The maximum absolute atomic E-state index is 12.9. The lowest BCUT2D eigenvalue weighted by Crippen LogP contribution is -2.26. The van der Waals surface area contributed by atoms with Gasteiger partial charge in [0.15, 0.2) is 6.17 Å². The van der Waals surface area contributed by atoms with Crippen molar-refractivity contribution < 1.29 is 9.18 Å². The minimum Gasteiger partial charge on any atom is -0.367 e. The summed E-state index contributed by atoms with van der Waals surface area (Å²) in [6.45, 7) is 0. The summed E-state index contributed by atoms with van der Waals surface area (Å²) in [6.07, 6.45) is -1.59. The predicted octanol–water partition coefficient (Wildman–Crippen LogP) is 1.82. The van der Waals surface area contributed by atoms with Crippen molar-refractivity contribution in [2.75, 3.05) is 0 Å². The molecule has 1 amide bonds. The molecule has 1 atom stereocenters. The van der Waals surface area contributed by atoms with Crippen LogP contribution >= 0.6 is 15.9 Å². The van der Waals surface area contributed by atoms with Crippen LogP contribution in [0, 0.1) is 0 Å². The van der Waals surface area contributed by atoms with Gasteiger partial charge in [0.05, 0.1) is 0 Å². The fourth-order valence-electron chi connectivity index (χ4n) is 0.958. The molecule has 0 fully saturated rings. The standard InChI is InChI=1S/C9H9BrFNO/c10-7-4-2-1-3-6(7)5-8(11)9(12)13/h1-4,8H,5H2,(H2,12,13). The number of hydrogen-bond donors (Lipinski definition) is 1. The van der Waals surface area contributed by atoms with Gasteiger partial charge in [-0.15, -0.1) is 0 Å². The normalized spacial score (nSPS) is 12.5. The largest absolute Gasteiger partial charge is 0.367 e. The Labute approximate surface area is 84.1 Å². The Hall–Kier alpha value is -0.900. The fourth-order valence-corrected chi connectivity index (χ4v) is 1.40. The van der Waals surface area contributed by atoms with Crippen LogP contribution in [0.5, 0.6) is 0 Å². The summed E-state index contributed by atoms with van der Waals surface area (Å²) in [6, 6.07) is 7.15. The average Bonchev–Trinajstić information content (AvgIpc) is 2.08. The van der Waals surface area contributed by atoms with Crippen LogP contribution < -0.4 is 5.73 Å². The molecule has 0 heterocycles. The highest BCUT2D eigenvalue weighted by Crippen LogP contribution is 2.18. The molecule has 0 spiro atoms. The minimum absolute atomic E-state index is 0.0246. The van der Waals surface area contributed by atoms with Crippen molar-refractivity contribution >= 4 is 21.8 Å². The summed E-state index contributed by atoms with van der Waals surface area (Å²) in [7, 11) is 0. The van der Waals surface area contributed by atoms with Gasteiger partial charge in [-0.1, -0.05) is 34.1 Å². The number of nitrogens with two attached hydrogens (primary N) is 1. The molecule has 0 saturated carbocycles. The first-order valence-electron chi connectivity index (χ1n) is 3.78. The Balaban J connectivity index is 2.74. The maximum atomic E-state index is 12.9. The Kier molecular flexibility index (Phi) is 3.42. The van der Waals surface area contributed by atoms with Crippen LogP contribution in [0.3, 0.4) is 0 Å². The summed E-state index contributed by atoms with van der Waals surface area (Å²) in [4.78, 5) is 10.4. The van der Waals surface area contributed by atoms with E-state index in [1.807, 2.05) is 6.07 Å². The van der Waals surface area contributed by atoms with Crippen molar-refractivity contribution in [2.24, 2.45) is 5.73 Å². The third-order valence-corrected chi connectivity index (χ3v) is 2.44. The third kappa shape index (κ3) is 2.81. The van der Waals surface area contributed by atoms with Gasteiger partial charge in [0.1, 0.15) is 0 Å². The molecule has 0 bridgehead atoms. The summed E-state index contributed by atoms with van der Waals surface area (Å²) in [5.74, 6) is -0.921. The molecule has 1 aromatic carbocycles. The van der Waals surface area contributed by atoms with Crippen LogP contribution in [-0.4, -0.2) is 12.1 Å². The van der Waals surface area contributed by atoms with Crippen LogP contribution in [0.1, 0.15) is 5.56 Å². The van der Waals surface area contributed by atoms with Crippen molar-refractivity contribution in [2.45, 2.75) is 12.6 Å². The zero-order valence-electron chi connectivity index (χ0n) is 6.84. The highest BCUT2D eigenvalue weighted by molar-refractivity contribution is 9.10. The maximum Gasteiger partial charge on any atom is 0.252 e. The van der Waals surface area contributed by atoms with Gasteiger partial charge >= 0.3 is 0 Å². The molecule has 0 aliphatic rings. The van der Waals surface area contributed by atoms with Crippen molar-refractivity contribution in [3.05, 3.63) is 34.3 Å². The number of amides is 1. The van der Waals surface area contributed by atoms with E-state index in [4.69, 9.17) is 5.73 Å². The number of primary amides is 1. The first kappa shape index (κ1) is 10.2. The smallest absolute Gasteiger partial charge is 0.252 e. The molecule has 13 heavy (non-hydrogen) atoms. The molecule has 0 saturated heterocycles. The quantitative estimate of drug-likeness (QED) is 0.868. The van der Waals surface area contributed by atoms with Crippen molar-refractivity contribution in [3.8, 4) is 0 Å². The molecule has 4 heteroatoms. The van der Waals surface area contributed by atoms with Gasteiger partial charge in [-0.3, -0.25) is 4.79 Å². The number of rotatable bonds is 3. The first-order valence-corrected chi connectivity index (χ1v) is 4.57. The molecule has 1 aromatic rings. The third-order valence-electron chi connectivity index (χ3n) is 1.67. The second kappa shape index (κ2) is 4.37. The number of carbonyl (C=O) groups excluding carboxylic acids is 1. The number of hydrogen-bond acceptors (Lipinski definition) is 1. The molecule has 0 aromatic heterocycles. The van der Waals surface area contributed by atoms with Crippen LogP contribution in [0.2, 0.25) is 0 Å². The number of carbonyl (C=O) groups is 1. The number of halogens is 2. The van der Waals surface area contributed by atoms with Gasteiger partial charge < -0.3 is 5.73 Å². The first-order chi connectivity index (χ1) is 6.11. The van der Waals surface area contributed by atoms with Crippen LogP contribution in [0.25, 0.3) is 0 Å². The van der Waals surface area contributed by atoms with E-state index < -0.39 is 12.1 Å². The van der Waals surface area contributed by atoms with Crippen molar-refractivity contribution in [1.82, 2.24) is 0 Å². The summed E-state index contributed by atoms with van der Waals surface area (Å²) >= 11 is 3.26. The highest BCUT2D eigenvalue weighted by atomic mass is 79.9. The summed E-state index contributed by atoms with van der Waals surface area (Å²) in [5, 5.41) is 0.